The third-order valence-corrected chi connectivity index (χ3v) is 13.2. The number of ether oxygens (including phenoxy) is 2. The molecule has 5 rings (SSSR count). The molecule has 3 nitrogen and oxygen atoms in total. The average Bonchev–Trinajstić information content (AvgIpc) is 3.13. The van der Waals surface area contributed by atoms with Gasteiger partial charge in [-0.3, -0.25) is 0 Å². The lowest BCUT2D eigenvalue weighted by Gasteiger charge is -2.46. The fourth-order valence-corrected chi connectivity index (χ4v) is 11.1. The minimum absolute atomic E-state index is 0.0241. The van der Waals surface area contributed by atoms with Gasteiger partial charge in [0.25, 0.3) is 8.32 Å². The summed E-state index contributed by atoms with van der Waals surface area (Å²) >= 11 is 0. The topological polar surface area (TPSA) is 27.7 Å². The van der Waals surface area contributed by atoms with Gasteiger partial charge in [-0.1, -0.05) is 107 Å². The number of benzene rings is 2. The average molecular weight is 487 g/mol. The lowest BCUT2D eigenvalue weighted by molar-refractivity contribution is 0.0281. The number of fused-ring (bicyclic) bond motifs is 5. The fourth-order valence-electron chi connectivity index (χ4n) is 6.42. The van der Waals surface area contributed by atoms with Crippen LogP contribution in [-0.4, -0.2) is 32.2 Å². The van der Waals surface area contributed by atoms with Gasteiger partial charge in [-0.05, 0) is 40.8 Å². The third kappa shape index (κ3) is 4.16. The maximum atomic E-state index is 7.43. The van der Waals surface area contributed by atoms with E-state index < -0.39 is 13.9 Å². The summed E-state index contributed by atoms with van der Waals surface area (Å²) in [6.45, 7) is 17.3. The van der Waals surface area contributed by atoms with Crippen LogP contribution in [0.3, 0.4) is 0 Å². The molecule has 3 aliphatic rings. The van der Waals surface area contributed by atoms with E-state index in [0.717, 1.165) is 18.6 Å². The lowest BCUT2D eigenvalue weighted by atomic mass is 9.75. The summed E-state index contributed by atoms with van der Waals surface area (Å²) in [6, 6.07) is 21.8. The van der Waals surface area contributed by atoms with Gasteiger partial charge in [-0.15, -0.1) is 0 Å². The predicted molar refractivity (Wildman–Crippen MR) is 145 cm³/mol. The molecule has 0 saturated carbocycles. The molecule has 4 heteroatoms. The Morgan fingerprint density at radius 2 is 1.60 bits per heavy atom. The highest BCUT2D eigenvalue weighted by Gasteiger charge is 2.55. The van der Waals surface area contributed by atoms with Gasteiger partial charge in [0.2, 0.25) is 0 Å². The van der Waals surface area contributed by atoms with E-state index in [1.54, 1.807) is 0 Å². The van der Waals surface area contributed by atoms with Crippen LogP contribution in [0.5, 0.6) is 0 Å². The first-order chi connectivity index (χ1) is 16.7. The van der Waals surface area contributed by atoms with Crippen molar-refractivity contribution in [3.63, 3.8) is 0 Å². The first kappa shape index (κ1) is 24.3. The fraction of sp³-hybridized carbons (Fsp3) is 0.419. The minimum Gasteiger partial charge on any atom is -0.486 e. The molecule has 6 atom stereocenters. The zero-order valence-electron chi connectivity index (χ0n) is 21.4. The van der Waals surface area contributed by atoms with Crippen molar-refractivity contribution in [3.8, 4) is 0 Å². The first-order valence-corrected chi connectivity index (χ1v) is 14.7. The van der Waals surface area contributed by atoms with Gasteiger partial charge in [0, 0.05) is 12.3 Å². The number of hydrogen-bond donors (Lipinski definition) is 0. The van der Waals surface area contributed by atoms with Crippen molar-refractivity contribution in [2.24, 2.45) is 11.8 Å². The largest absolute Gasteiger partial charge is 0.486 e. The lowest BCUT2D eigenvalue weighted by Crippen LogP contribution is -2.67. The second-order valence-corrected chi connectivity index (χ2v) is 15.8. The van der Waals surface area contributed by atoms with E-state index in [9.17, 15) is 0 Å². The van der Waals surface area contributed by atoms with Crippen molar-refractivity contribution in [3.05, 3.63) is 97.8 Å². The Morgan fingerprint density at radius 3 is 2.14 bits per heavy atom. The molecule has 0 amide bonds. The molecule has 0 spiro atoms. The van der Waals surface area contributed by atoms with Crippen molar-refractivity contribution in [2.45, 2.75) is 69.5 Å². The molecule has 2 fully saturated rings. The smallest absolute Gasteiger partial charge is 0.261 e. The van der Waals surface area contributed by atoms with E-state index in [1.807, 2.05) is 6.08 Å². The normalized spacial score (nSPS) is 32.5. The molecule has 0 unspecified atom stereocenters. The Balaban J connectivity index is 1.53. The highest BCUT2D eigenvalue weighted by molar-refractivity contribution is 6.99. The van der Waals surface area contributed by atoms with Crippen molar-refractivity contribution < 1.29 is 13.9 Å². The van der Waals surface area contributed by atoms with E-state index in [1.165, 1.54) is 10.4 Å². The maximum Gasteiger partial charge on any atom is 0.261 e. The van der Waals surface area contributed by atoms with Gasteiger partial charge in [-0.25, -0.2) is 0 Å². The Hall–Kier alpha value is -2.40. The zero-order chi connectivity index (χ0) is 24.8. The van der Waals surface area contributed by atoms with Crippen LogP contribution in [0.2, 0.25) is 5.04 Å². The SMILES string of the molecule is C=C[C@]1(C)C[C@H]2O[C@@H](C(=C)O1)[C@@H]1C=C[C@H](O[Si](c3ccccc3)(c3ccccc3)C(C)(C)C)C[C@@H]12. The van der Waals surface area contributed by atoms with Crippen LogP contribution >= 0.6 is 0 Å². The van der Waals surface area contributed by atoms with Gasteiger partial charge in [0.05, 0.1) is 12.2 Å². The standard InChI is InChI=1S/C31H38O3Si/c1-7-31(6)21-28-27-20-23(18-19-26(27)29(32-28)22(2)33-31)34-35(30(3,4)5,24-14-10-8-11-15-24)25-16-12-9-13-17-25/h7-19,23,26-29H,1-2,20-21H2,3-6H3/t23-,26+,27-,28+,29-,31+/m0/s1. The van der Waals surface area contributed by atoms with Crippen LogP contribution in [-0.2, 0) is 13.9 Å². The van der Waals surface area contributed by atoms with Crippen molar-refractivity contribution in [1.82, 2.24) is 0 Å². The Labute approximate surface area is 211 Å². The second kappa shape index (κ2) is 8.92. The number of hydrogen-bond acceptors (Lipinski definition) is 3. The van der Waals surface area contributed by atoms with Crippen LogP contribution in [0.15, 0.2) is 97.8 Å². The predicted octanol–water partition coefficient (Wildman–Crippen LogP) is 5.77. The Kier molecular flexibility index (Phi) is 6.19. The quantitative estimate of drug-likeness (QED) is 0.397. The summed E-state index contributed by atoms with van der Waals surface area (Å²) in [5.41, 5.74) is -0.447. The summed E-state index contributed by atoms with van der Waals surface area (Å²) in [7, 11) is -2.62. The van der Waals surface area contributed by atoms with Crippen LogP contribution in [0.1, 0.15) is 40.5 Å². The Bertz CT molecular complexity index is 1060. The summed E-state index contributed by atoms with van der Waals surface area (Å²) in [6.07, 6.45) is 8.23. The highest BCUT2D eigenvalue weighted by atomic mass is 28.4. The Morgan fingerprint density at radius 1 is 1.00 bits per heavy atom. The van der Waals surface area contributed by atoms with Gasteiger partial charge < -0.3 is 13.9 Å². The first-order valence-electron chi connectivity index (χ1n) is 12.8. The van der Waals surface area contributed by atoms with E-state index >= 15 is 0 Å². The summed E-state index contributed by atoms with van der Waals surface area (Å²) < 4.78 is 20.2. The van der Waals surface area contributed by atoms with Gasteiger partial charge >= 0.3 is 0 Å². The molecule has 2 bridgehead atoms. The van der Waals surface area contributed by atoms with Crippen molar-refractivity contribution >= 4 is 18.7 Å². The van der Waals surface area contributed by atoms with Crippen molar-refractivity contribution in [2.75, 3.05) is 0 Å². The van der Waals surface area contributed by atoms with E-state index in [4.69, 9.17) is 13.9 Å². The minimum atomic E-state index is -2.62. The zero-order valence-corrected chi connectivity index (χ0v) is 22.4. The molecule has 184 valence electrons. The molecular formula is C31H38O3Si. The summed E-state index contributed by atoms with van der Waals surface area (Å²) in [4.78, 5) is 0. The summed E-state index contributed by atoms with van der Waals surface area (Å²) in [5.74, 6) is 1.37. The molecule has 2 aromatic rings. The van der Waals surface area contributed by atoms with Crippen LogP contribution in [0.4, 0.5) is 0 Å². The van der Waals surface area contributed by atoms with Crippen molar-refractivity contribution in [1.29, 1.82) is 0 Å². The van der Waals surface area contributed by atoms with E-state index in [0.29, 0.717) is 5.92 Å². The van der Waals surface area contributed by atoms with Crippen LogP contribution < -0.4 is 10.4 Å². The second-order valence-electron chi connectivity index (χ2n) is 11.6. The molecule has 35 heavy (non-hydrogen) atoms. The van der Waals surface area contributed by atoms with Crippen LogP contribution in [0, 0.1) is 11.8 Å². The molecule has 2 saturated heterocycles. The third-order valence-electron chi connectivity index (χ3n) is 8.16. The molecule has 0 N–H and O–H groups in total. The molecule has 2 heterocycles. The molecular weight excluding hydrogens is 448 g/mol. The number of rotatable bonds is 5. The van der Waals surface area contributed by atoms with E-state index in [-0.39, 0.29) is 29.3 Å². The molecule has 2 aliphatic heterocycles. The molecule has 2 aromatic carbocycles. The van der Waals surface area contributed by atoms with Crippen LogP contribution in [0.25, 0.3) is 0 Å². The van der Waals surface area contributed by atoms with Gasteiger partial charge in [0.1, 0.15) is 17.5 Å². The molecule has 0 radical (unpaired) electrons. The monoisotopic (exact) mass is 486 g/mol. The highest BCUT2D eigenvalue weighted by Crippen LogP contribution is 2.49. The maximum absolute atomic E-state index is 7.43. The molecule has 0 aromatic heterocycles. The van der Waals surface area contributed by atoms with Gasteiger partial charge in [0.15, 0.2) is 0 Å². The molecule has 1 aliphatic carbocycles. The van der Waals surface area contributed by atoms with Gasteiger partial charge in [-0.2, -0.15) is 0 Å². The summed E-state index contributed by atoms with van der Waals surface area (Å²) in [5, 5.41) is 2.57. The van der Waals surface area contributed by atoms with E-state index in [2.05, 4.69) is 114 Å².